The van der Waals surface area contributed by atoms with Crippen LogP contribution in [0.1, 0.15) is 35.8 Å². The highest BCUT2D eigenvalue weighted by Crippen LogP contribution is 2.21. The van der Waals surface area contributed by atoms with E-state index < -0.39 is 9.84 Å². The third-order valence-electron chi connectivity index (χ3n) is 2.23. The lowest BCUT2D eigenvalue weighted by Gasteiger charge is -2.00. The van der Waals surface area contributed by atoms with Gasteiger partial charge in [-0.25, -0.2) is 13.4 Å². The van der Waals surface area contributed by atoms with Gasteiger partial charge in [-0.15, -0.1) is 11.3 Å². The largest absolute Gasteiger partial charge is 0.312 e. The Balaban J connectivity index is 2.86. The van der Waals surface area contributed by atoms with Crippen molar-refractivity contribution in [1.29, 1.82) is 0 Å². The number of aryl methyl sites for hydroxylation is 1. The normalized spacial score (nSPS) is 11.9. The molecule has 0 bridgehead atoms. The van der Waals surface area contributed by atoms with E-state index in [1.54, 1.807) is 0 Å². The number of hydrogen-bond donors (Lipinski definition) is 1. The highest BCUT2D eigenvalue weighted by molar-refractivity contribution is 7.90. The molecule has 0 saturated carbocycles. The Hall–Kier alpha value is -0.460. The summed E-state index contributed by atoms with van der Waals surface area (Å²) in [6, 6.07) is 0. The quantitative estimate of drug-likeness (QED) is 0.824. The number of rotatable bonds is 7. The lowest BCUT2D eigenvalue weighted by Crippen LogP contribution is -2.11. The van der Waals surface area contributed by atoms with Crippen molar-refractivity contribution in [3.63, 3.8) is 0 Å². The topological polar surface area (TPSA) is 59.1 Å². The molecule has 0 aromatic carbocycles. The number of hydrogen-bond acceptors (Lipinski definition) is 5. The fourth-order valence-electron chi connectivity index (χ4n) is 1.53. The van der Waals surface area contributed by atoms with Crippen LogP contribution in [0.5, 0.6) is 0 Å². The van der Waals surface area contributed by atoms with Gasteiger partial charge in [0.25, 0.3) is 0 Å². The summed E-state index contributed by atoms with van der Waals surface area (Å²) in [5.41, 5.74) is 1.05. The first-order valence-corrected chi connectivity index (χ1v) is 8.69. The average Bonchev–Trinajstić information content (AvgIpc) is 2.55. The molecular weight excluding hydrogens is 256 g/mol. The fraction of sp³-hybridized carbons (Fsp3) is 0.727. The minimum absolute atomic E-state index is 0.0561. The van der Waals surface area contributed by atoms with Gasteiger partial charge in [-0.3, -0.25) is 0 Å². The Morgan fingerprint density at radius 2 is 2.06 bits per heavy atom. The molecule has 1 aromatic rings. The zero-order chi connectivity index (χ0) is 12.9. The second kappa shape index (κ2) is 6.47. The van der Waals surface area contributed by atoms with E-state index in [-0.39, 0.29) is 5.75 Å². The first-order valence-electron chi connectivity index (χ1n) is 5.82. The minimum atomic E-state index is -2.99. The van der Waals surface area contributed by atoms with Crippen molar-refractivity contribution in [2.75, 3.05) is 12.8 Å². The van der Waals surface area contributed by atoms with Crippen LogP contribution in [-0.4, -0.2) is 26.2 Å². The van der Waals surface area contributed by atoms with Gasteiger partial charge in [-0.2, -0.15) is 0 Å². The molecule has 0 aliphatic heterocycles. The Morgan fingerprint density at radius 1 is 1.35 bits per heavy atom. The molecule has 4 nitrogen and oxygen atoms in total. The monoisotopic (exact) mass is 276 g/mol. The van der Waals surface area contributed by atoms with Gasteiger partial charge in [0, 0.05) is 17.7 Å². The number of sulfone groups is 1. The van der Waals surface area contributed by atoms with Crippen molar-refractivity contribution in [3.05, 3.63) is 15.6 Å². The van der Waals surface area contributed by atoms with E-state index in [9.17, 15) is 8.42 Å². The average molecular weight is 276 g/mol. The zero-order valence-corrected chi connectivity index (χ0v) is 12.2. The maximum absolute atomic E-state index is 11.2. The van der Waals surface area contributed by atoms with E-state index in [4.69, 9.17) is 0 Å². The smallest absolute Gasteiger partial charge is 0.153 e. The lowest BCUT2D eigenvalue weighted by molar-refractivity contribution is 0.601. The van der Waals surface area contributed by atoms with E-state index in [1.807, 2.05) is 0 Å². The molecule has 0 atom stereocenters. The molecule has 0 radical (unpaired) electrons. The lowest BCUT2D eigenvalue weighted by atomic mass is 10.2. The summed E-state index contributed by atoms with van der Waals surface area (Å²) >= 11 is 1.51. The summed E-state index contributed by atoms with van der Waals surface area (Å²) in [4.78, 5) is 5.61. The first kappa shape index (κ1) is 14.6. The van der Waals surface area contributed by atoms with Gasteiger partial charge in [-0.05, 0) is 13.0 Å². The predicted octanol–water partition coefficient (Wildman–Crippen LogP) is 1.75. The molecule has 1 heterocycles. The van der Waals surface area contributed by atoms with Crippen molar-refractivity contribution in [3.8, 4) is 0 Å². The van der Waals surface area contributed by atoms with Crippen LogP contribution in [0.15, 0.2) is 0 Å². The van der Waals surface area contributed by atoms with Crippen LogP contribution < -0.4 is 5.32 Å². The van der Waals surface area contributed by atoms with Gasteiger partial charge in [0.15, 0.2) is 9.84 Å². The molecular formula is C11H20N2O2S2. The summed E-state index contributed by atoms with van der Waals surface area (Å²) in [6.45, 7) is 5.85. The molecule has 1 aromatic heterocycles. The second-order valence-electron chi connectivity index (χ2n) is 4.08. The molecule has 0 aliphatic rings. The van der Waals surface area contributed by atoms with Crippen LogP contribution in [0.2, 0.25) is 0 Å². The molecule has 0 spiro atoms. The molecule has 6 heteroatoms. The predicted molar refractivity (Wildman–Crippen MR) is 72.0 cm³/mol. The van der Waals surface area contributed by atoms with Crippen LogP contribution >= 0.6 is 11.3 Å². The van der Waals surface area contributed by atoms with Crippen molar-refractivity contribution in [2.45, 2.75) is 39.0 Å². The molecule has 17 heavy (non-hydrogen) atoms. The van der Waals surface area contributed by atoms with Gasteiger partial charge in [0.1, 0.15) is 10.8 Å². The van der Waals surface area contributed by atoms with Gasteiger partial charge in [-0.1, -0.05) is 20.3 Å². The molecule has 98 valence electrons. The fourth-order valence-corrected chi connectivity index (χ4v) is 3.80. The highest BCUT2D eigenvalue weighted by Gasteiger charge is 2.13. The van der Waals surface area contributed by atoms with E-state index in [2.05, 4.69) is 24.1 Å². The SMILES string of the molecule is CCCc1nc(CS(C)(=O)=O)sc1CNCC. The summed E-state index contributed by atoms with van der Waals surface area (Å²) in [7, 11) is -2.99. The molecule has 0 fully saturated rings. The Kier molecular flexibility index (Phi) is 5.55. The van der Waals surface area contributed by atoms with Crippen LogP contribution in [0.4, 0.5) is 0 Å². The standard InChI is InChI=1S/C11H20N2O2S2/c1-4-6-9-10(7-12-5-2)16-11(13-9)8-17(3,14)15/h12H,4-8H2,1-3H3. The maximum Gasteiger partial charge on any atom is 0.153 e. The Morgan fingerprint density at radius 3 is 2.59 bits per heavy atom. The summed E-state index contributed by atoms with van der Waals surface area (Å²) in [6.07, 6.45) is 3.19. The van der Waals surface area contributed by atoms with E-state index in [0.29, 0.717) is 5.01 Å². The number of thiazole rings is 1. The maximum atomic E-state index is 11.2. The second-order valence-corrected chi connectivity index (χ2v) is 7.39. The van der Waals surface area contributed by atoms with Crippen molar-refractivity contribution in [1.82, 2.24) is 10.3 Å². The van der Waals surface area contributed by atoms with Crippen LogP contribution in [0.3, 0.4) is 0 Å². The third-order valence-corrected chi connectivity index (χ3v) is 4.31. The number of nitrogens with zero attached hydrogens (tertiary/aromatic N) is 1. The van der Waals surface area contributed by atoms with Crippen LogP contribution in [0.25, 0.3) is 0 Å². The summed E-state index contributed by atoms with van der Waals surface area (Å²) < 4.78 is 22.5. The molecule has 1 rings (SSSR count). The molecule has 0 unspecified atom stereocenters. The van der Waals surface area contributed by atoms with Gasteiger partial charge in [0.05, 0.1) is 5.69 Å². The van der Waals surface area contributed by atoms with Gasteiger partial charge in [0.2, 0.25) is 0 Å². The van der Waals surface area contributed by atoms with Crippen molar-refractivity contribution < 1.29 is 8.42 Å². The molecule has 1 N–H and O–H groups in total. The first-order chi connectivity index (χ1) is 7.96. The van der Waals surface area contributed by atoms with Gasteiger partial charge < -0.3 is 5.32 Å². The van der Waals surface area contributed by atoms with Crippen molar-refractivity contribution >= 4 is 21.2 Å². The Bertz CT molecular complexity index is 452. The summed E-state index contributed by atoms with van der Waals surface area (Å²) in [5.74, 6) is 0.0561. The van der Waals surface area contributed by atoms with Crippen LogP contribution in [-0.2, 0) is 28.6 Å². The molecule has 0 aliphatic carbocycles. The minimum Gasteiger partial charge on any atom is -0.312 e. The number of nitrogens with one attached hydrogen (secondary N) is 1. The molecule has 0 saturated heterocycles. The Labute approximate surface area is 107 Å². The zero-order valence-electron chi connectivity index (χ0n) is 10.6. The van der Waals surface area contributed by atoms with E-state index in [1.165, 1.54) is 22.5 Å². The third kappa shape index (κ3) is 5.14. The van der Waals surface area contributed by atoms with Crippen LogP contribution in [0, 0.1) is 0 Å². The number of aromatic nitrogens is 1. The van der Waals surface area contributed by atoms with E-state index in [0.717, 1.165) is 31.6 Å². The summed E-state index contributed by atoms with van der Waals surface area (Å²) in [5, 5.41) is 3.97. The van der Waals surface area contributed by atoms with Crippen molar-refractivity contribution in [2.24, 2.45) is 0 Å². The van der Waals surface area contributed by atoms with Gasteiger partial charge >= 0.3 is 0 Å². The highest BCUT2D eigenvalue weighted by atomic mass is 32.2. The molecule has 0 amide bonds. The van der Waals surface area contributed by atoms with E-state index >= 15 is 0 Å².